The molecule has 3 heterocycles. The number of ether oxygens (including phenoxy) is 1. The van der Waals surface area contributed by atoms with Gasteiger partial charge in [-0.1, -0.05) is 50.6 Å². The molecule has 0 aliphatic carbocycles. The lowest BCUT2D eigenvalue weighted by Gasteiger charge is -2.30. The number of nitrogens with zero attached hydrogens (tertiary/aromatic N) is 2. The second-order valence-corrected chi connectivity index (χ2v) is 16.3. The van der Waals surface area contributed by atoms with Crippen molar-refractivity contribution in [2.75, 3.05) is 31.9 Å². The third-order valence-electron chi connectivity index (χ3n) is 7.29. The Kier molecular flexibility index (Phi) is 11.6. The van der Waals surface area contributed by atoms with E-state index >= 15 is 4.39 Å². The smallest absolute Gasteiger partial charge is 0.329 e. The molecule has 1 aromatic heterocycles. The van der Waals surface area contributed by atoms with Crippen molar-refractivity contribution in [2.45, 2.75) is 82.9 Å². The number of aliphatic hydroxyl groups excluding tert-OH is 1. The standard InChI is InChI=1S/C31H46FN3O6S/c1-19(2)28-21(4)12-13-25(37)33-14-8-10-20(3)16-23(36)17-22(32)18-26-34-27(31(40-26)42(5,6)7)29(38)35-15-9-11-24(35)30(39)41-28/h8,10,12-13,16,19,21-24,28,36H,9,11,14-15,17-18H2,1-7H3,(H,33,37)/b10-8+,13-12+,20-16+. The zero-order chi connectivity index (χ0) is 31.2. The number of aromatic nitrogens is 1. The molecule has 1 saturated heterocycles. The molecule has 2 bridgehead atoms. The molecule has 0 spiro atoms. The number of hydrogen-bond acceptors (Lipinski definition) is 7. The molecule has 1 aromatic rings. The first-order chi connectivity index (χ1) is 19.7. The molecular weight excluding hydrogens is 561 g/mol. The van der Waals surface area contributed by atoms with Crippen molar-refractivity contribution in [2.24, 2.45) is 11.8 Å². The maximum Gasteiger partial charge on any atom is 0.329 e. The van der Waals surface area contributed by atoms with E-state index in [4.69, 9.17) is 9.15 Å². The van der Waals surface area contributed by atoms with E-state index in [-0.39, 0.29) is 48.7 Å². The maximum atomic E-state index is 15.0. The third-order valence-corrected chi connectivity index (χ3v) is 8.68. The zero-order valence-corrected chi connectivity index (χ0v) is 26.6. The van der Waals surface area contributed by atoms with Crippen LogP contribution < -0.4 is 5.32 Å². The first-order valence-electron chi connectivity index (χ1n) is 14.5. The first-order valence-corrected chi connectivity index (χ1v) is 17.4. The second-order valence-electron chi connectivity index (χ2n) is 12.3. The molecular formula is C31H46FN3O6S. The lowest BCUT2D eigenvalue weighted by atomic mass is 9.94. The van der Waals surface area contributed by atoms with Crippen LogP contribution in [-0.2, 0) is 20.7 Å². The molecule has 5 unspecified atom stereocenters. The summed E-state index contributed by atoms with van der Waals surface area (Å²) in [5.41, 5.74) is 0.817. The number of cyclic esters (lactones) is 1. The molecule has 2 N–H and O–H groups in total. The van der Waals surface area contributed by atoms with Crippen LogP contribution in [0.4, 0.5) is 4.39 Å². The largest absolute Gasteiger partial charge is 0.460 e. The Morgan fingerprint density at radius 2 is 1.90 bits per heavy atom. The quantitative estimate of drug-likeness (QED) is 0.479. The number of esters is 1. The fourth-order valence-corrected chi connectivity index (χ4v) is 6.27. The summed E-state index contributed by atoms with van der Waals surface area (Å²) in [5.74, 6) is -1.43. The summed E-state index contributed by atoms with van der Waals surface area (Å²) in [6.07, 6.45) is 11.7. The number of amides is 2. The number of nitrogens with one attached hydrogen (secondary N) is 1. The number of aliphatic hydroxyl groups is 1. The lowest BCUT2D eigenvalue weighted by Crippen LogP contribution is -2.44. The number of carbonyl (C=O) groups excluding carboxylic acids is 3. The Hall–Kier alpha value is -2.92. The van der Waals surface area contributed by atoms with Gasteiger partial charge in [-0.2, -0.15) is 10.0 Å². The van der Waals surface area contributed by atoms with Gasteiger partial charge >= 0.3 is 5.97 Å². The van der Waals surface area contributed by atoms with Gasteiger partial charge < -0.3 is 24.5 Å². The van der Waals surface area contributed by atoms with E-state index in [0.29, 0.717) is 24.5 Å². The molecule has 3 rings (SSSR count). The molecule has 0 aromatic carbocycles. The van der Waals surface area contributed by atoms with Gasteiger partial charge in [-0.15, -0.1) is 0 Å². The number of halogens is 1. The van der Waals surface area contributed by atoms with Gasteiger partial charge in [0.15, 0.2) is 16.7 Å². The monoisotopic (exact) mass is 607 g/mol. The Morgan fingerprint density at radius 1 is 1.19 bits per heavy atom. The molecule has 2 amide bonds. The summed E-state index contributed by atoms with van der Waals surface area (Å²) in [6, 6.07) is -0.784. The highest BCUT2D eigenvalue weighted by atomic mass is 32.3. The normalized spacial score (nSPS) is 30.6. The number of allylic oxidation sites excluding steroid dienone is 2. The van der Waals surface area contributed by atoms with Crippen LogP contribution in [0.5, 0.6) is 0 Å². The van der Waals surface area contributed by atoms with Gasteiger partial charge in [0.05, 0.1) is 12.5 Å². The van der Waals surface area contributed by atoms with Gasteiger partial charge in [-0.25, -0.2) is 14.2 Å². The molecule has 42 heavy (non-hydrogen) atoms. The summed E-state index contributed by atoms with van der Waals surface area (Å²) in [6.45, 7) is 8.17. The van der Waals surface area contributed by atoms with Crippen molar-refractivity contribution in [3.8, 4) is 0 Å². The van der Waals surface area contributed by atoms with Crippen molar-refractivity contribution in [3.63, 3.8) is 0 Å². The molecule has 2 aliphatic heterocycles. The number of hydrogen-bond donors (Lipinski definition) is 2. The van der Waals surface area contributed by atoms with Crippen LogP contribution >= 0.6 is 10.0 Å². The predicted molar refractivity (Wildman–Crippen MR) is 162 cm³/mol. The van der Waals surface area contributed by atoms with E-state index in [1.54, 1.807) is 31.2 Å². The Balaban J connectivity index is 1.97. The number of fused-ring (bicyclic) bond motifs is 3. The van der Waals surface area contributed by atoms with Gasteiger partial charge in [0.25, 0.3) is 5.91 Å². The highest BCUT2D eigenvalue weighted by Gasteiger charge is 2.40. The van der Waals surface area contributed by atoms with Gasteiger partial charge in [-0.3, -0.25) is 9.59 Å². The van der Waals surface area contributed by atoms with E-state index < -0.39 is 46.3 Å². The second kappa shape index (κ2) is 14.5. The van der Waals surface area contributed by atoms with Crippen LogP contribution in [0.2, 0.25) is 0 Å². The average molecular weight is 608 g/mol. The zero-order valence-electron chi connectivity index (χ0n) is 25.8. The minimum absolute atomic E-state index is 0.0346. The van der Waals surface area contributed by atoms with Gasteiger partial charge in [-0.05, 0) is 50.5 Å². The van der Waals surface area contributed by atoms with Crippen LogP contribution in [0, 0.1) is 11.8 Å². The highest BCUT2D eigenvalue weighted by Crippen LogP contribution is 2.48. The molecule has 5 atom stereocenters. The van der Waals surface area contributed by atoms with Gasteiger partial charge in [0, 0.05) is 25.4 Å². The number of rotatable bonds is 2. The number of carbonyl (C=O) groups is 3. The van der Waals surface area contributed by atoms with Crippen molar-refractivity contribution >= 4 is 27.8 Å². The van der Waals surface area contributed by atoms with Crippen LogP contribution in [0.25, 0.3) is 0 Å². The van der Waals surface area contributed by atoms with E-state index in [2.05, 4.69) is 10.3 Å². The topological polar surface area (TPSA) is 122 Å². The predicted octanol–water partition coefficient (Wildman–Crippen LogP) is 4.36. The van der Waals surface area contributed by atoms with Crippen molar-refractivity contribution in [1.29, 1.82) is 0 Å². The van der Waals surface area contributed by atoms with Crippen LogP contribution in [0.1, 0.15) is 63.3 Å². The van der Waals surface area contributed by atoms with Crippen molar-refractivity contribution in [3.05, 3.63) is 47.5 Å². The molecule has 0 radical (unpaired) electrons. The summed E-state index contributed by atoms with van der Waals surface area (Å²) in [7, 11) is -1.58. The van der Waals surface area contributed by atoms with Crippen LogP contribution in [-0.4, -0.2) is 89.1 Å². The first kappa shape index (κ1) is 33.6. The fraction of sp³-hybridized carbons (Fsp3) is 0.613. The molecule has 234 valence electrons. The Labute approximate surface area is 250 Å². The summed E-state index contributed by atoms with van der Waals surface area (Å²) < 4.78 is 27.0. The highest BCUT2D eigenvalue weighted by molar-refractivity contribution is 8.32. The molecule has 9 nitrogen and oxygen atoms in total. The fourth-order valence-electron chi connectivity index (χ4n) is 5.21. The summed E-state index contributed by atoms with van der Waals surface area (Å²) >= 11 is 0. The van der Waals surface area contributed by atoms with Gasteiger partial charge in [0.1, 0.15) is 18.3 Å². The van der Waals surface area contributed by atoms with Crippen LogP contribution in [0.15, 0.2) is 45.5 Å². The molecule has 11 heteroatoms. The number of oxazole rings is 1. The lowest BCUT2D eigenvalue weighted by molar-refractivity contribution is -0.158. The van der Waals surface area contributed by atoms with E-state index in [0.717, 1.165) is 5.57 Å². The minimum atomic E-state index is -1.58. The van der Waals surface area contributed by atoms with E-state index in [1.165, 1.54) is 11.0 Å². The molecule has 0 saturated carbocycles. The number of alkyl halides is 1. The summed E-state index contributed by atoms with van der Waals surface area (Å²) in [5, 5.41) is 13.6. The Morgan fingerprint density at radius 3 is 2.57 bits per heavy atom. The van der Waals surface area contributed by atoms with E-state index in [1.807, 2.05) is 39.5 Å². The van der Waals surface area contributed by atoms with Crippen molar-refractivity contribution in [1.82, 2.24) is 15.2 Å². The van der Waals surface area contributed by atoms with Gasteiger partial charge in [0.2, 0.25) is 5.91 Å². The maximum absolute atomic E-state index is 15.0. The average Bonchev–Trinajstić information content (AvgIpc) is 3.54. The van der Waals surface area contributed by atoms with Crippen molar-refractivity contribution < 1.29 is 33.0 Å². The molecule has 1 fully saturated rings. The molecule has 2 aliphatic rings. The van der Waals surface area contributed by atoms with Crippen LogP contribution in [0.3, 0.4) is 0 Å². The van der Waals surface area contributed by atoms with E-state index in [9.17, 15) is 19.5 Å². The summed E-state index contributed by atoms with van der Waals surface area (Å²) in [4.78, 5) is 45.6. The Bertz CT molecular complexity index is 1220. The third kappa shape index (κ3) is 9.04. The SMILES string of the molecule is CC1=C\C(O)CC(F)Cc2nc(c(S(C)(C)C)o2)C(=O)N2CCCC2C(=O)OC(C(C)C)C(C)/C=C/C(=O)NC\C=C\1. The minimum Gasteiger partial charge on any atom is -0.460 e.